The number of benzene rings is 1. The highest BCUT2D eigenvalue weighted by Crippen LogP contribution is 2.45. The highest BCUT2D eigenvalue weighted by molar-refractivity contribution is 5.72. The minimum Gasteiger partial charge on any atom is -0.493 e. The van der Waals surface area contributed by atoms with Crippen LogP contribution in [-0.2, 0) is 15.6 Å². The Hall–Kier alpha value is -1.51. The van der Waals surface area contributed by atoms with Gasteiger partial charge in [-0.15, -0.1) is 0 Å². The lowest BCUT2D eigenvalue weighted by atomic mass is 9.77. The molecule has 0 heterocycles. The molecule has 0 aliphatic carbocycles. The minimum absolute atomic E-state index is 0.150. The number of carbonyl (C=O) groups is 1. The molecular formula is C20H32O3. The molecule has 130 valence electrons. The van der Waals surface area contributed by atoms with Crippen molar-refractivity contribution in [3.8, 4) is 11.5 Å². The second-order valence-corrected chi connectivity index (χ2v) is 8.19. The van der Waals surface area contributed by atoms with Crippen LogP contribution in [0.1, 0.15) is 78.5 Å². The van der Waals surface area contributed by atoms with Gasteiger partial charge in [-0.25, -0.2) is 0 Å². The van der Waals surface area contributed by atoms with E-state index in [1.54, 1.807) is 0 Å². The van der Waals surface area contributed by atoms with Gasteiger partial charge in [0, 0.05) is 18.1 Å². The molecule has 0 unspecified atom stereocenters. The van der Waals surface area contributed by atoms with Crippen molar-refractivity contribution in [2.24, 2.45) is 0 Å². The second-order valence-electron chi connectivity index (χ2n) is 8.19. The maximum Gasteiger partial charge on any atom is 0.308 e. The van der Waals surface area contributed by atoms with Gasteiger partial charge in [0.1, 0.15) is 11.5 Å². The molecule has 0 N–H and O–H groups in total. The Balaban J connectivity index is 3.75. The number of carbonyl (C=O) groups excluding carboxylic acids is 1. The molecule has 3 heteroatoms. The van der Waals surface area contributed by atoms with Crippen LogP contribution >= 0.6 is 0 Å². The fraction of sp³-hybridized carbons (Fsp3) is 0.650. The number of hydrogen-bond donors (Lipinski definition) is 0. The van der Waals surface area contributed by atoms with Crippen molar-refractivity contribution >= 4 is 5.97 Å². The first kappa shape index (κ1) is 19.5. The van der Waals surface area contributed by atoms with Crippen LogP contribution in [0.15, 0.2) is 6.07 Å². The standard InChI is InChI=1S/C20H32O3/c1-10-11-22-16-12-15(19(4,5)6)18(23-14(3)21)17(13(16)2)20(7,8)9/h12H,10-11H2,1-9H3. The van der Waals surface area contributed by atoms with Gasteiger partial charge < -0.3 is 9.47 Å². The average molecular weight is 320 g/mol. The van der Waals surface area contributed by atoms with E-state index in [1.165, 1.54) is 6.92 Å². The molecule has 3 nitrogen and oxygen atoms in total. The SMILES string of the molecule is CCCOc1cc(C(C)(C)C)c(OC(C)=O)c(C(C)(C)C)c1C. The van der Waals surface area contributed by atoms with Gasteiger partial charge in [0.2, 0.25) is 0 Å². The van der Waals surface area contributed by atoms with Crippen molar-refractivity contribution < 1.29 is 14.3 Å². The lowest BCUT2D eigenvalue weighted by Crippen LogP contribution is -2.23. The molecule has 1 aromatic rings. The van der Waals surface area contributed by atoms with Gasteiger partial charge in [-0.05, 0) is 35.8 Å². The van der Waals surface area contributed by atoms with E-state index in [-0.39, 0.29) is 16.8 Å². The smallest absolute Gasteiger partial charge is 0.308 e. The monoisotopic (exact) mass is 320 g/mol. The van der Waals surface area contributed by atoms with E-state index in [2.05, 4.69) is 48.5 Å². The third kappa shape index (κ3) is 4.73. The zero-order chi connectivity index (χ0) is 18.0. The predicted octanol–water partition coefficient (Wildman–Crippen LogP) is 5.30. The number of ether oxygens (including phenoxy) is 2. The van der Waals surface area contributed by atoms with Crippen LogP contribution in [0.2, 0.25) is 0 Å². The average Bonchev–Trinajstić information content (AvgIpc) is 2.33. The lowest BCUT2D eigenvalue weighted by Gasteiger charge is -2.31. The molecule has 0 saturated carbocycles. The van der Waals surface area contributed by atoms with Crippen molar-refractivity contribution in [3.05, 3.63) is 22.8 Å². The van der Waals surface area contributed by atoms with E-state index in [4.69, 9.17) is 9.47 Å². The van der Waals surface area contributed by atoms with Crippen LogP contribution in [0.4, 0.5) is 0 Å². The first-order valence-electron chi connectivity index (χ1n) is 8.39. The maximum atomic E-state index is 11.7. The highest BCUT2D eigenvalue weighted by atomic mass is 16.5. The summed E-state index contributed by atoms with van der Waals surface area (Å²) >= 11 is 0. The van der Waals surface area contributed by atoms with Crippen molar-refractivity contribution in [2.45, 2.75) is 79.6 Å². The molecule has 0 saturated heterocycles. The van der Waals surface area contributed by atoms with Gasteiger partial charge in [0.15, 0.2) is 0 Å². The van der Waals surface area contributed by atoms with Crippen molar-refractivity contribution in [1.82, 2.24) is 0 Å². The Labute approximate surface area is 141 Å². The summed E-state index contributed by atoms with van der Waals surface area (Å²) in [6, 6.07) is 2.04. The largest absolute Gasteiger partial charge is 0.493 e. The molecule has 0 aliphatic heterocycles. The molecule has 1 aromatic carbocycles. The van der Waals surface area contributed by atoms with E-state index in [0.29, 0.717) is 12.4 Å². The van der Waals surface area contributed by atoms with Gasteiger partial charge in [0.25, 0.3) is 0 Å². The van der Waals surface area contributed by atoms with Crippen molar-refractivity contribution in [3.63, 3.8) is 0 Å². The van der Waals surface area contributed by atoms with Gasteiger partial charge in [-0.2, -0.15) is 0 Å². The third-order valence-electron chi connectivity index (χ3n) is 3.76. The van der Waals surface area contributed by atoms with Crippen molar-refractivity contribution in [2.75, 3.05) is 6.61 Å². The number of esters is 1. The molecule has 0 aliphatic rings. The summed E-state index contributed by atoms with van der Waals surface area (Å²) in [5.41, 5.74) is 2.80. The van der Waals surface area contributed by atoms with Gasteiger partial charge in [0.05, 0.1) is 6.61 Å². The first-order chi connectivity index (χ1) is 10.4. The molecular weight excluding hydrogens is 288 g/mol. The first-order valence-corrected chi connectivity index (χ1v) is 8.39. The molecule has 0 spiro atoms. The van der Waals surface area contributed by atoms with E-state index < -0.39 is 0 Å². The van der Waals surface area contributed by atoms with Crippen LogP contribution in [0.5, 0.6) is 11.5 Å². The Morgan fingerprint density at radius 1 is 1.09 bits per heavy atom. The summed E-state index contributed by atoms with van der Waals surface area (Å²) in [5, 5.41) is 0. The summed E-state index contributed by atoms with van der Waals surface area (Å²) in [5.74, 6) is 1.29. The molecule has 0 atom stereocenters. The molecule has 0 amide bonds. The predicted molar refractivity (Wildman–Crippen MR) is 95.7 cm³/mol. The molecule has 0 aromatic heterocycles. The summed E-state index contributed by atoms with van der Waals surface area (Å²) < 4.78 is 11.7. The zero-order valence-corrected chi connectivity index (χ0v) is 16.2. The Kier molecular flexibility index (Phi) is 5.89. The van der Waals surface area contributed by atoms with Crippen molar-refractivity contribution in [1.29, 1.82) is 0 Å². The number of rotatable bonds is 4. The van der Waals surface area contributed by atoms with Gasteiger partial charge in [-0.1, -0.05) is 48.5 Å². The minimum atomic E-state index is -0.289. The zero-order valence-electron chi connectivity index (χ0n) is 16.2. The van der Waals surface area contributed by atoms with Crippen LogP contribution in [0.25, 0.3) is 0 Å². The molecule has 0 bridgehead atoms. The van der Waals surface area contributed by atoms with Crippen LogP contribution in [0.3, 0.4) is 0 Å². The van der Waals surface area contributed by atoms with E-state index in [1.807, 2.05) is 13.0 Å². The Bertz CT molecular complexity index is 572. The van der Waals surface area contributed by atoms with E-state index in [0.717, 1.165) is 28.9 Å². The highest BCUT2D eigenvalue weighted by Gasteiger charge is 2.31. The van der Waals surface area contributed by atoms with Gasteiger partial charge >= 0.3 is 5.97 Å². The topological polar surface area (TPSA) is 35.5 Å². The molecule has 1 rings (SSSR count). The quantitative estimate of drug-likeness (QED) is 0.557. The summed E-state index contributed by atoms with van der Waals surface area (Å²) in [7, 11) is 0. The third-order valence-corrected chi connectivity index (χ3v) is 3.76. The van der Waals surface area contributed by atoms with E-state index >= 15 is 0 Å². The Morgan fingerprint density at radius 3 is 2.04 bits per heavy atom. The van der Waals surface area contributed by atoms with Crippen LogP contribution in [-0.4, -0.2) is 12.6 Å². The fourth-order valence-corrected chi connectivity index (χ4v) is 2.80. The molecule has 0 radical (unpaired) electrons. The van der Waals surface area contributed by atoms with Crippen LogP contribution in [0, 0.1) is 6.92 Å². The van der Waals surface area contributed by atoms with Gasteiger partial charge in [-0.3, -0.25) is 4.79 Å². The second kappa shape index (κ2) is 6.94. The maximum absolute atomic E-state index is 11.7. The summed E-state index contributed by atoms with van der Waals surface area (Å²) in [4.78, 5) is 11.7. The molecule has 0 fully saturated rings. The lowest BCUT2D eigenvalue weighted by molar-refractivity contribution is -0.132. The summed E-state index contributed by atoms with van der Waals surface area (Å²) in [6.45, 7) is 19.1. The number of hydrogen-bond acceptors (Lipinski definition) is 3. The normalized spacial score (nSPS) is 12.2. The van der Waals surface area contributed by atoms with Crippen LogP contribution < -0.4 is 9.47 Å². The Morgan fingerprint density at radius 2 is 1.65 bits per heavy atom. The summed E-state index contributed by atoms with van der Waals surface area (Å²) in [6.07, 6.45) is 0.959. The van der Waals surface area contributed by atoms with E-state index in [9.17, 15) is 4.79 Å². The fourth-order valence-electron chi connectivity index (χ4n) is 2.80. The molecule has 23 heavy (non-hydrogen) atoms.